The number of hydrogen-bond acceptors (Lipinski definition) is 1. The van der Waals surface area contributed by atoms with Crippen LogP contribution in [-0.4, -0.2) is 0 Å². The lowest BCUT2D eigenvalue weighted by Gasteiger charge is -2.35. The van der Waals surface area contributed by atoms with Gasteiger partial charge in [0, 0.05) is 17.1 Å². The molecular formula is C24H29N. The van der Waals surface area contributed by atoms with Gasteiger partial charge in [0.1, 0.15) is 0 Å². The van der Waals surface area contributed by atoms with Gasteiger partial charge in [-0.25, -0.2) is 0 Å². The van der Waals surface area contributed by atoms with Gasteiger partial charge < -0.3 is 4.90 Å². The zero-order valence-electron chi connectivity index (χ0n) is 15.7. The molecular weight excluding hydrogens is 302 g/mol. The Hall–Kier alpha value is -2.28. The molecule has 0 amide bonds. The van der Waals surface area contributed by atoms with Crippen molar-refractivity contribution in [1.29, 1.82) is 0 Å². The molecule has 0 radical (unpaired) electrons. The fourth-order valence-corrected chi connectivity index (χ4v) is 3.58. The van der Waals surface area contributed by atoms with Gasteiger partial charge in [0.25, 0.3) is 0 Å². The molecule has 2 aromatic rings. The Kier molecular flexibility index (Phi) is 5.43. The monoisotopic (exact) mass is 331 g/mol. The lowest BCUT2D eigenvalue weighted by molar-refractivity contribution is 0.439. The predicted octanol–water partition coefficient (Wildman–Crippen LogP) is 7.14. The number of hydrogen-bond donors (Lipinski definition) is 0. The number of rotatable bonds is 6. The van der Waals surface area contributed by atoms with Gasteiger partial charge in [-0.15, -0.1) is 0 Å². The fourth-order valence-electron chi connectivity index (χ4n) is 3.58. The first kappa shape index (κ1) is 17.5. The summed E-state index contributed by atoms with van der Waals surface area (Å²) in [5, 5.41) is 0. The smallest absolute Gasteiger partial charge is 0.0499 e. The summed E-state index contributed by atoms with van der Waals surface area (Å²) in [5.41, 5.74) is 5.42. The molecule has 1 nitrogen and oxygen atoms in total. The molecule has 0 bridgehead atoms. The normalized spacial score (nSPS) is 14.3. The molecule has 0 N–H and O–H groups in total. The first-order chi connectivity index (χ1) is 12.2. The van der Waals surface area contributed by atoms with Crippen LogP contribution in [0, 0.1) is 0 Å². The van der Waals surface area contributed by atoms with E-state index in [1.54, 1.807) is 0 Å². The Morgan fingerprint density at radius 1 is 0.880 bits per heavy atom. The molecule has 130 valence electrons. The van der Waals surface area contributed by atoms with Crippen molar-refractivity contribution in [1.82, 2.24) is 0 Å². The molecule has 0 saturated heterocycles. The standard InChI is InChI=1S/C24H29N/c1-4-24(3,5-2)22-18-12-13-19-23(22)25(20-14-8-6-9-15-20)21-16-10-7-11-17-21/h6,8-10,12-19H,4-5,7,11H2,1-3H3. The van der Waals surface area contributed by atoms with E-state index in [-0.39, 0.29) is 5.41 Å². The Balaban J connectivity index is 2.18. The molecule has 0 atom stereocenters. The lowest BCUT2D eigenvalue weighted by atomic mass is 9.76. The Labute approximate surface area is 152 Å². The highest BCUT2D eigenvalue weighted by molar-refractivity contribution is 5.73. The second kappa shape index (κ2) is 7.74. The Morgan fingerprint density at radius 3 is 2.20 bits per heavy atom. The first-order valence-corrected chi connectivity index (χ1v) is 9.51. The SMILES string of the molecule is CCC(C)(CC)c1ccccc1N(C1=CCCC=C1)c1ccccc1. The average molecular weight is 332 g/mol. The molecule has 1 aliphatic carbocycles. The maximum absolute atomic E-state index is 2.43. The van der Waals surface area contributed by atoms with Crippen LogP contribution in [0.4, 0.5) is 11.4 Å². The quantitative estimate of drug-likeness (QED) is 0.544. The number of anilines is 2. The minimum absolute atomic E-state index is 0.183. The van der Waals surface area contributed by atoms with Crippen LogP contribution >= 0.6 is 0 Å². The van der Waals surface area contributed by atoms with Crippen LogP contribution in [0.15, 0.2) is 78.5 Å². The van der Waals surface area contributed by atoms with Crippen molar-refractivity contribution in [3.05, 3.63) is 84.1 Å². The van der Waals surface area contributed by atoms with E-state index in [1.165, 1.54) is 22.6 Å². The van der Waals surface area contributed by atoms with Crippen LogP contribution in [0.5, 0.6) is 0 Å². The maximum Gasteiger partial charge on any atom is 0.0499 e. The van der Waals surface area contributed by atoms with Crippen LogP contribution in [0.2, 0.25) is 0 Å². The fraction of sp³-hybridized carbons (Fsp3) is 0.333. The van der Waals surface area contributed by atoms with Crippen molar-refractivity contribution in [3.8, 4) is 0 Å². The van der Waals surface area contributed by atoms with E-state index in [2.05, 4.69) is 98.5 Å². The second-order valence-electron chi connectivity index (χ2n) is 7.06. The van der Waals surface area contributed by atoms with E-state index in [0.717, 1.165) is 25.7 Å². The van der Waals surface area contributed by atoms with E-state index in [4.69, 9.17) is 0 Å². The van der Waals surface area contributed by atoms with E-state index >= 15 is 0 Å². The molecule has 25 heavy (non-hydrogen) atoms. The summed E-state index contributed by atoms with van der Waals surface area (Å²) in [4.78, 5) is 2.43. The van der Waals surface area contributed by atoms with Crippen molar-refractivity contribution < 1.29 is 0 Å². The zero-order chi connectivity index (χ0) is 17.7. The van der Waals surface area contributed by atoms with Crippen molar-refractivity contribution in [2.45, 2.75) is 51.9 Å². The minimum Gasteiger partial charge on any atom is -0.311 e. The number of allylic oxidation sites excluding steroid dienone is 3. The summed E-state index contributed by atoms with van der Waals surface area (Å²) in [7, 11) is 0. The van der Waals surface area contributed by atoms with E-state index in [9.17, 15) is 0 Å². The largest absolute Gasteiger partial charge is 0.311 e. The summed E-state index contributed by atoms with van der Waals surface area (Å²) < 4.78 is 0. The number of para-hydroxylation sites is 2. The van der Waals surface area contributed by atoms with Gasteiger partial charge in [-0.1, -0.05) is 69.3 Å². The van der Waals surface area contributed by atoms with Crippen molar-refractivity contribution in [2.75, 3.05) is 4.90 Å². The highest BCUT2D eigenvalue weighted by atomic mass is 15.1. The summed E-state index contributed by atoms with van der Waals surface area (Å²) in [6.45, 7) is 6.99. The maximum atomic E-state index is 2.43. The van der Waals surface area contributed by atoms with Crippen molar-refractivity contribution >= 4 is 11.4 Å². The summed E-state index contributed by atoms with van der Waals surface area (Å²) in [6.07, 6.45) is 11.4. The van der Waals surface area contributed by atoms with Crippen LogP contribution in [-0.2, 0) is 5.41 Å². The van der Waals surface area contributed by atoms with E-state index in [1.807, 2.05) is 0 Å². The lowest BCUT2D eigenvalue weighted by Crippen LogP contribution is -2.25. The number of benzene rings is 2. The minimum atomic E-state index is 0.183. The summed E-state index contributed by atoms with van der Waals surface area (Å²) in [6, 6.07) is 19.7. The molecule has 1 heteroatoms. The molecule has 0 aliphatic heterocycles. The third kappa shape index (κ3) is 3.56. The second-order valence-corrected chi connectivity index (χ2v) is 7.06. The van der Waals surface area contributed by atoms with Crippen LogP contribution in [0.25, 0.3) is 0 Å². The highest BCUT2D eigenvalue weighted by Gasteiger charge is 2.28. The van der Waals surface area contributed by atoms with Gasteiger partial charge in [-0.05, 0) is 60.9 Å². The van der Waals surface area contributed by atoms with Gasteiger partial charge >= 0.3 is 0 Å². The highest BCUT2D eigenvalue weighted by Crippen LogP contribution is 2.42. The third-order valence-electron chi connectivity index (χ3n) is 5.60. The van der Waals surface area contributed by atoms with Crippen molar-refractivity contribution in [2.24, 2.45) is 0 Å². The molecule has 0 spiro atoms. The van der Waals surface area contributed by atoms with E-state index < -0.39 is 0 Å². The average Bonchev–Trinajstić information content (AvgIpc) is 2.70. The number of nitrogens with zero attached hydrogens (tertiary/aromatic N) is 1. The summed E-state index contributed by atoms with van der Waals surface area (Å²) >= 11 is 0. The molecule has 3 rings (SSSR count). The van der Waals surface area contributed by atoms with Crippen LogP contribution in [0.1, 0.15) is 52.0 Å². The van der Waals surface area contributed by atoms with Crippen LogP contribution in [0.3, 0.4) is 0 Å². The zero-order valence-corrected chi connectivity index (χ0v) is 15.7. The van der Waals surface area contributed by atoms with Gasteiger partial charge in [-0.2, -0.15) is 0 Å². The van der Waals surface area contributed by atoms with E-state index in [0.29, 0.717) is 0 Å². The molecule has 0 saturated carbocycles. The van der Waals surface area contributed by atoms with Gasteiger partial charge in [-0.3, -0.25) is 0 Å². The molecule has 0 aromatic heterocycles. The Bertz CT molecular complexity index is 751. The van der Waals surface area contributed by atoms with Gasteiger partial charge in [0.2, 0.25) is 0 Å². The summed E-state index contributed by atoms with van der Waals surface area (Å²) in [5.74, 6) is 0. The molecule has 2 aromatic carbocycles. The molecule has 0 unspecified atom stereocenters. The Morgan fingerprint density at radius 2 is 1.56 bits per heavy atom. The van der Waals surface area contributed by atoms with Gasteiger partial charge in [0.05, 0.1) is 0 Å². The molecule has 1 aliphatic rings. The van der Waals surface area contributed by atoms with Crippen LogP contribution < -0.4 is 4.90 Å². The van der Waals surface area contributed by atoms with Gasteiger partial charge in [0.15, 0.2) is 0 Å². The topological polar surface area (TPSA) is 3.24 Å². The first-order valence-electron chi connectivity index (χ1n) is 9.51. The molecule has 0 heterocycles. The molecule has 0 fully saturated rings. The predicted molar refractivity (Wildman–Crippen MR) is 109 cm³/mol. The third-order valence-corrected chi connectivity index (χ3v) is 5.60. The van der Waals surface area contributed by atoms with Crippen molar-refractivity contribution in [3.63, 3.8) is 0 Å².